The second kappa shape index (κ2) is 11.9. The van der Waals surface area contributed by atoms with E-state index in [0.29, 0.717) is 39.3 Å². The van der Waals surface area contributed by atoms with E-state index in [-0.39, 0.29) is 11.5 Å². The van der Waals surface area contributed by atoms with E-state index in [4.69, 9.17) is 30.5 Å². The Labute approximate surface area is 209 Å². The highest BCUT2D eigenvalue weighted by molar-refractivity contribution is 6.32. The van der Waals surface area contributed by atoms with Crippen LogP contribution >= 0.6 is 11.6 Å². The summed E-state index contributed by atoms with van der Waals surface area (Å²) in [6, 6.07) is 13.2. The van der Waals surface area contributed by atoms with Gasteiger partial charge in [-0.2, -0.15) is 0 Å². The third-order valence-corrected chi connectivity index (χ3v) is 5.39. The zero-order chi connectivity index (χ0) is 25.4. The number of carbonyl (C=O) groups is 1. The summed E-state index contributed by atoms with van der Waals surface area (Å²) in [6.45, 7) is 0. The first-order chi connectivity index (χ1) is 16.9. The molecular weight excluding hydrogens is 470 g/mol. The number of halogens is 1. The number of hydrogen-bond acceptors (Lipinski definition) is 7. The van der Waals surface area contributed by atoms with Crippen LogP contribution in [0.3, 0.4) is 0 Å². The standard InChI is InChI=1S/C27H26ClNO6/c1-32-24-16-22(29-12-11-23(31)18-7-9-20(30)10-8-18)19(15-21(24)28)6-5-17-13-25(33-2)27(35-4)26(14-17)34-3/h5-16,29-30H,1-4H3/b6-5-,12-11-. The quantitative estimate of drug-likeness (QED) is 0.201. The molecule has 3 aromatic rings. The van der Waals surface area contributed by atoms with E-state index in [9.17, 15) is 9.90 Å². The maximum atomic E-state index is 12.4. The van der Waals surface area contributed by atoms with E-state index >= 15 is 0 Å². The van der Waals surface area contributed by atoms with Crippen LogP contribution in [0.2, 0.25) is 5.02 Å². The van der Waals surface area contributed by atoms with Gasteiger partial charge in [-0.25, -0.2) is 0 Å². The molecule has 0 bridgehead atoms. The van der Waals surface area contributed by atoms with E-state index in [2.05, 4.69) is 5.32 Å². The third-order valence-electron chi connectivity index (χ3n) is 5.09. The Kier molecular flexibility index (Phi) is 8.64. The van der Waals surface area contributed by atoms with E-state index in [1.165, 1.54) is 31.5 Å². The summed E-state index contributed by atoms with van der Waals surface area (Å²) in [4.78, 5) is 12.4. The SMILES string of the molecule is COc1cc(N/C=C\C(=O)c2ccc(O)cc2)c(/C=C\c2cc(OC)c(OC)c(OC)c2)cc1Cl. The number of nitrogens with one attached hydrogen (secondary N) is 1. The predicted octanol–water partition coefficient (Wildman–Crippen LogP) is 6.06. The van der Waals surface area contributed by atoms with Gasteiger partial charge in [-0.05, 0) is 53.6 Å². The van der Waals surface area contributed by atoms with Crippen LogP contribution in [0.1, 0.15) is 21.5 Å². The number of rotatable bonds is 10. The van der Waals surface area contributed by atoms with Crippen LogP contribution in [0.15, 0.2) is 60.8 Å². The molecule has 0 aliphatic rings. The third kappa shape index (κ3) is 6.28. The van der Waals surface area contributed by atoms with Crippen LogP contribution in [-0.2, 0) is 0 Å². The van der Waals surface area contributed by atoms with Gasteiger partial charge in [0.05, 0.1) is 33.5 Å². The van der Waals surface area contributed by atoms with Crippen LogP contribution in [0.25, 0.3) is 12.2 Å². The number of methoxy groups -OCH3 is 4. The fourth-order valence-electron chi connectivity index (χ4n) is 3.30. The largest absolute Gasteiger partial charge is 0.508 e. The molecule has 3 aromatic carbocycles. The van der Waals surface area contributed by atoms with Crippen LogP contribution in [-0.4, -0.2) is 39.3 Å². The van der Waals surface area contributed by atoms with Gasteiger partial charge in [0.25, 0.3) is 0 Å². The van der Waals surface area contributed by atoms with Crippen molar-refractivity contribution in [1.82, 2.24) is 0 Å². The fourth-order valence-corrected chi connectivity index (χ4v) is 3.55. The van der Waals surface area contributed by atoms with Crippen molar-refractivity contribution in [2.75, 3.05) is 33.8 Å². The predicted molar refractivity (Wildman–Crippen MR) is 138 cm³/mol. The molecule has 8 heteroatoms. The van der Waals surface area contributed by atoms with Gasteiger partial charge in [0.15, 0.2) is 17.3 Å². The number of phenolic OH excluding ortho intramolecular Hbond substituents is 1. The highest BCUT2D eigenvalue weighted by atomic mass is 35.5. The second-order valence-corrected chi connectivity index (χ2v) is 7.66. The number of ether oxygens (including phenoxy) is 4. The molecule has 3 rings (SSSR count). The lowest BCUT2D eigenvalue weighted by molar-refractivity contribution is 0.104. The molecule has 0 spiro atoms. The molecular formula is C27H26ClNO6. The fraction of sp³-hybridized carbons (Fsp3) is 0.148. The maximum Gasteiger partial charge on any atom is 0.203 e. The minimum atomic E-state index is -0.215. The van der Waals surface area contributed by atoms with Gasteiger partial charge in [0.1, 0.15) is 11.5 Å². The molecule has 2 N–H and O–H groups in total. The summed E-state index contributed by atoms with van der Waals surface area (Å²) in [7, 11) is 6.19. The lowest BCUT2D eigenvalue weighted by atomic mass is 10.1. The van der Waals surface area contributed by atoms with Gasteiger partial charge in [0, 0.05) is 29.6 Å². The van der Waals surface area contributed by atoms with Crippen LogP contribution in [0.4, 0.5) is 5.69 Å². The number of ketones is 1. The number of aromatic hydroxyl groups is 1. The number of hydrogen-bond donors (Lipinski definition) is 2. The zero-order valence-electron chi connectivity index (χ0n) is 19.8. The number of anilines is 1. The first kappa shape index (κ1) is 25.5. The van der Waals surface area contributed by atoms with Gasteiger partial charge in [-0.3, -0.25) is 4.79 Å². The summed E-state index contributed by atoms with van der Waals surface area (Å²) in [5.74, 6) is 1.94. The van der Waals surface area contributed by atoms with Crippen molar-refractivity contribution in [2.24, 2.45) is 0 Å². The highest BCUT2D eigenvalue weighted by Crippen LogP contribution is 2.39. The monoisotopic (exact) mass is 495 g/mol. The zero-order valence-corrected chi connectivity index (χ0v) is 20.6. The second-order valence-electron chi connectivity index (χ2n) is 7.25. The first-order valence-electron chi connectivity index (χ1n) is 10.5. The minimum absolute atomic E-state index is 0.0976. The van der Waals surface area contributed by atoms with Crippen molar-refractivity contribution in [1.29, 1.82) is 0 Å². The van der Waals surface area contributed by atoms with Gasteiger partial charge in [0.2, 0.25) is 5.75 Å². The number of benzene rings is 3. The Hall–Kier alpha value is -4.10. The van der Waals surface area contributed by atoms with Crippen molar-refractivity contribution in [3.8, 4) is 28.7 Å². The van der Waals surface area contributed by atoms with Crippen LogP contribution in [0.5, 0.6) is 28.7 Å². The van der Waals surface area contributed by atoms with E-state index in [1.54, 1.807) is 45.6 Å². The topological polar surface area (TPSA) is 86.3 Å². The average molecular weight is 496 g/mol. The average Bonchev–Trinajstić information content (AvgIpc) is 2.87. The van der Waals surface area contributed by atoms with Crippen molar-refractivity contribution in [3.05, 3.63) is 82.5 Å². The Bertz CT molecular complexity index is 1230. The smallest absolute Gasteiger partial charge is 0.203 e. The summed E-state index contributed by atoms with van der Waals surface area (Å²) in [6.07, 6.45) is 6.68. The molecule has 0 unspecified atom stereocenters. The summed E-state index contributed by atoms with van der Waals surface area (Å²) in [5.41, 5.74) is 2.70. The number of carbonyl (C=O) groups excluding carboxylic acids is 1. The highest BCUT2D eigenvalue weighted by Gasteiger charge is 2.13. The van der Waals surface area contributed by atoms with E-state index in [1.807, 2.05) is 24.3 Å². The molecule has 0 heterocycles. The minimum Gasteiger partial charge on any atom is -0.508 e. The Morgan fingerprint density at radius 3 is 2.06 bits per heavy atom. The molecule has 0 saturated carbocycles. The molecule has 0 amide bonds. The molecule has 0 atom stereocenters. The summed E-state index contributed by atoms with van der Waals surface area (Å²) in [5, 5.41) is 12.9. The molecule has 0 aliphatic heterocycles. The van der Waals surface area contributed by atoms with Gasteiger partial charge in [-0.1, -0.05) is 23.8 Å². The lowest BCUT2D eigenvalue weighted by Crippen LogP contribution is -1.98. The van der Waals surface area contributed by atoms with Gasteiger partial charge >= 0.3 is 0 Å². The summed E-state index contributed by atoms with van der Waals surface area (Å²) >= 11 is 6.36. The van der Waals surface area contributed by atoms with E-state index in [0.717, 1.165) is 11.1 Å². The number of allylic oxidation sites excluding steroid dienone is 1. The van der Waals surface area contributed by atoms with Gasteiger partial charge in [-0.15, -0.1) is 0 Å². The normalized spacial score (nSPS) is 11.0. The maximum absolute atomic E-state index is 12.4. The molecule has 0 aliphatic carbocycles. The van der Waals surface area contributed by atoms with Crippen molar-refractivity contribution in [2.45, 2.75) is 0 Å². The number of phenols is 1. The van der Waals surface area contributed by atoms with Crippen molar-refractivity contribution in [3.63, 3.8) is 0 Å². The van der Waals surface area contributed by atoms with Crippen LogP contribution < -0.4 is 24.3 Å². The molecule has 0 fully saturated rings. The Morgan fingerprint density at radius 1 is 0.857 bits per heavy atom. The van der Waals surface area contributed by atoms with Crippen molar-refractivity contribution < 1.29 is 28.8 Å². The van der Waals surface area contributed by atoms with Crippen LogP contribution in [0, 0.1) is 0 Å². The van der Waals surface area contributed by atoms with Crippen molar-refractivity contribution >= 4 is 35.2 Å². The first-order valence-corrected chi connectivity index (χ1v) is 10.9. The summed E-state index contributed by atoms with van der Waals surface area (Å²) < 4.78 is 21.6. The Balaban J connectivity index is 1.90. The lowest BCUT2D eigenvalue weighted by Gasteiger charge is -2.13. The molecule has 182 valence electrons. The Morgan fingerprint density at radius 2 is 1.49 bits per heavy atom. The van der Waals surface area contributed by atoms with Gasteiger partial charge < -0.3 is 29.4 Å². The molecule has 0 aromatic heterocycles. The molecule has 35 heavy (non-hydrogen) atoms. The van der Waals surface area contributed by atoms with E-state index < -0.39 is 0 Å². The molecule has 7 nitrogen and oxygen atoms in total. The molecule has 0 radical (unpaired) electrons. The molecule has 0 saturated heterocycles.